The molecule has 1 unspecified atom stereocenters. The number of hydrogen-bond acceptors (Lipinski definition) is 2. The third-order valence-electron chi connectivity index (χ3n) is 1.59. The lowest BCUT2D eigenvalue weighted by atomic mass is 10.3. The molecule has 0 radical (unpaired) electrons. The summed E-state index contributed by atoms with van der Waals surface area (Å²) in [6.45, 7) is 7.94. The monoisotopic (exact) mass is 176 g/mol. The van der Waals surface area contributed by atoms with Crippen molar-refractivity contribution in [2.24, 2.45) is 0 Å². The van der Waals surface area contributed by atoms with E-state index in [1.54, 1.807) is 11.8 Å². The largest absolute Gasteiger partial charge is 0.254 e. The van der Waals surface area contributed by atoms with Crippen molar-refractivity contribution in [2.75, 3.05) is 0 Å². The quantitative estimate of drug-likeness (QED) is 0.562. The first-order chi connectivity index (χ1) is 4.61. The number of thioether (sulfide) groups is 1. The van der Waals surface area contributed by atoms with Gasteiger partial charge in [-0.1, -0.05) is 20.4 Å². The van der Waals surface area contributed by atoms with Gasteiger partial charge in [-0.05, 0) is 6.42 Å². The van der Waals surface area contributed by atoms with Gasteiger partial charge in [0.2, 0.25) is 0 Å². The van der Waals surface area contributed by atoms with E-state index in [1.165, 1.54) is 0 Å². The highest BCUT2D eigenvalue weighted by molar-refractivity contribution is 8.17. The molecule has 10 heavy (non-hydrogen) atoms. The number of rotatable bonds is 0. The SMILES string of the molecule is C=C1S[C@H](C)C[C@H](C)S1=O. The fourth-order valence-electron chi connectivity index (χ4n) is 1.10. The second-order valence-corrected chi connectivity index (χ2v) is 6.33. The van der Waals surface area contributed by atoms with Crippen LogP contribution in [0.25, 0.3) is 0 Å². The lowest BCUT2D eigenvalue weighted by molar-refractivity contribution is 0.667. The first-order valence-electron chi connectivity index (χ1n) is 3.37. The molecular formula is C7H12OS2. The van der Waals surface area contributed by atoms with Crippen LogP contribution in [0, 0.1) is 0 Å². The minimum absolute atomic E-state index is 0.309. The van der Waals surface area contributed by atoms with Crippen LogP contribution in [0.5, 0.6) is 0 Å². The predicted molar refractivity (Wildman–Crippen MR) is 48.4 cm³/mol. The van der Waals surface area contributed by atoms with E-state index in [0.717, 1.165) is 10.7 Å². The molecule has 3 heteroatoms. The normalized spacial score (nSPS) is 41.8. The van der Waals surface area contributed by atoms with Gasteiger partial charge in [-0.15, -0.1) is 11.8 Å². The molecular weight excluding hydrogens is 164 g/mol. The van der Waals surface area contributed by atoms with Crippen molar-refractivity contribution in [3.63, 3.8) is 0 Å². The van der Waals surface area contributed by atoms with Gasteiger partial charge in [0.1, 0.15) is 0 Å². The molecule has 1 heterocycles. The van der Waals surface area contributed by atoms with Crippen LogP contribution in [0.2, 0.25) is 0 Å². The van der Waals surface area contributed by atoms with Crippen LogP contribution in [0.15, 0.2) is 10.8 Å². The summed E-state index contributed by atoms with van der Waals surface area (Å²) in [5.41, 5.74) is 0. The minimum Gasteiger partial charge on any atom is -0.254 e. The van der Waals surface area contributed by atoms with E-state index in [9.17, 15) is 4.21 Å². The lowest BCUT2D eigenvalue weighted by Crippen LogP contribution is -2.21. The van der Waals surface area contributed by atoms with Gasteiger partial charge in [-0.2, -0.15) is 0 Å². The number of hydrogen-bond donors (Lipinski definition) is 0. The zero-order valence-corrected chi connectivity index (χ0v) is 7.93. The zero-order valence-electron chi connectivity index (χ0n) is 6.29. The fourth-order valence-corrected chi connectivity index (χ4v) is 4.33. The average Bonchev–Trinajstić information content (AvgIpc) is 1.82. The Balaban J connectivity index is 2.66. The second-order valence-electron chi connectivity index (χ2n) is 2.64. The molecule has 58 valence electrons. The van der Waals surface area contributed by atoms with Crippen LogP contribution < -0.4 is 0 Å². The van der Waals surface area contributed by atoms with E-state index >= 15 is 0 Å². The van der Waals surface area contributed by atoms with E-state index in [2.05, 4.69) is 13.5 Å². The van der Waals surface area contributed by atoms with E-state index in [4.69, 9.17) is 0 Å². The summed E-state index contributed by atoms with van der Waals surface area (Å²) >= 11 is 1.66. The first kappa shape index (κ1) is 8.34. The topological polar surface area (TPSA) is 17.1 Å². The molecule has 0 spiro atoms. The maximum atomic E-state index is 11.3. The Labute approximate surface area is 68.7 Å². The highest BCUT2D eigenvalue weighted by Gasteiger charge is 2.24. The van der Waals surface area contributed by atoms with Gasteiger partial charge in [-0.3, -0.25) is 4.21 Å². The first-order valence-corrected chi connectivity index (χ1v) is 5.46. The van der Waals surface area contributed by atoms with Gasteiger partial charge < -0.3 is 0 Å². The van der Waals surface area contributed by atoms with Crippen molar-refractivity contribution < 1.29 is 4.21 Å². The zero-order chi connectivity index (χ0) is 7.72. The van der Waals surface area contributed by atoms with Gasteiger partial charge in [0.05, 0.1) is 15.0 Å². The Morgan fingerprint density at radius 1 is 1.70 bits per heavy atom. The van der Waals surface area contributed by atoms with Crippen LogP contribution in [0.1, 0.15) is 20.3 Å². The molecule has 1 nitrogen and oxygen atoms in total. The molecule has 0 amide bonds. The summed E-state index contributed by atoms with van der Waals surface area (Å²) in [5, 5.41) is 0.906. The van der Waals surface area contributed by atoms with Crippen molar-refractivity contribution in [2.45, 2.75) is 30.8 Å². The molecule has 1 rings (SSSR count). The summed E-state index contributed by atoms with van der Waals surface area (Å²) in [5.74, 6) is 0. The molecule has 1 aliphatic heterocycles. The predicted octanol–water partition coefficient (Wildman–Crippen LogP) is 2.12. The van der Waals surface area contributed by atoms with E-state index < -0.39 is 10.8 Å². The highest BCUT2D eigenvalue weighted by Crippen LogP contribution is 2.34. The summed E-state index contributed by atoms with van der Waals surface area (Å²) in [4.78, 5) is 0. The van der Waals surface area contributed by atoms with Crippen molar-refractivity contribution in [3.8, 4) is 0 Å². The van der Waals surface area contributed by atoms with Crippen molar-refractivity contribution in [1.29, 1.82) is 0 Å². The lowest BCUT2D eigenvalue weighted by Gasteiger charge is -2.23. The molecule has 1 fully saturated rings. The summed E-state index contributed by atoms with van der Waals surface area (Å²) in [6, 6.07) is 0. The van der Waals surface area contributed by atoms with Crippen molar-refractivity contribution in [1.82, 2.24) is 0 Å². The van der Waals surface area contributed by atoms with Gasteiger partial charge in [-0.25, -0.2) is 0 Å². The Kier molecular flexibility index (Phi) is 2.58. The summed E-state index contributed by atoms with van der Waals surface area (Å²) < 4.78 is 12.1. The van der Waals surface area contributed by atoms with Crippen LogP contribution in [0.4, 0.5) is 0 Å². The molecule has 1 saturated heterocycles. The Bertz CT molecular complexity index is 176. The van der Waals surface area contributed by atoms with Crippen LogP contribution >= 0.6 is 11.8 Å². The molecule has 0 saturated carbocycles. The van der Waals surface area contributed by atoms with E-state index in [0.29, 0.717) is 10.5 Å². The highest BCUT2D eigenvalue weighted by atomic mass is 32.2. The molecule has 3 atom stereocenters. The third-order valence-corrected chi connectivity index (χ3v) is 4.60. The van der Waals surface area contributed by atoms with Gasteiger partial charge in [0, 0.05) is 10.5 Å². The maximum absolute atomic E-state index is 11.3. The molecule has 0 aromatic rings. The molecule has 1 aliphatic rings. The molecule has 0 aromatic heterocycles. The third kappa shape index (κ3) is 1.64. The average molecular weight is 176 g/mol. The molecule has 0 N–H and O–H groups in total. The van der Waals surface area contributed by atoms with Crippen LogP contribution in [-0.4, -0.2) is 14.7 Å². The van der Waals surface area contributed by atoms with Crippen molar-refractivity contribution in [3.05, 3.63) is 10.8 Å². The van der Waals surface area contributed by atoms with Gasteiger partial charge in [0.15, 0.2) is 0 Å². The molecule has 0 aliphatic carbocycles. The van der Waals surface area contributed by atoms with Crippen molar-refractivity contribution >= 4 is 22.6 Å². The fraction of sp³-hybridized carbons (Fsp3) is 0.714. The van der Waals surface area contributed by atoms with Gasteiger partial charge >= 0.3 is 0 Å². The maximum Gasteiger partial charge on any atom is 0.0649 e. The van der Waals surface area contributed by atoms with E-state index in [-0.39, 0.29) is 0 Å². The van der Waals surface area contributed by atoms with Crippen LogP contribution in [0.3, 0.4) is 0 Å². The van der Waals surface area contributed by atoms with Gasteiger partial charge in [0.25, 0.3) is 0 Å². The van der Waals surface area contributed by atoms with E-state index in [1.807, 2.05) is 6.92 Å². The minimum atomic E-state index is -0.782. The smallest absolute Gasteiger partial charge is 0.0649 e. The Morgan fingerprint density at radius 3 is 2.80 bits per heavy atom. The second kappa shape index (κ2) is 3.09. The Morgan fingerprint density at radius 2 is 2.30 bits per heavy atom. The Hall–Kier alpha value is 0.240. The molecule has 0 aromatic carbocycles. The summed E-state index contributed by atoms with van der Waals surface area (Å²) in [7, 11) is -0.782. The standard InChI is InChI=1S/C7H12OS2/c1-5-4-6(2)10(8)7(3)9-5/h5-6H,3-4H2,1-2H3/t5-,6+,10?/m1/s1. The van der Waals surface area contributed by atoms with Crippen LogP contribution in [-0.2, 0) is 10.8 Å². The summed E-state index contributed by atoms with van der Waals surface area (Å²) in [6.07, 6.45) is 1.05. The molecule has 0 bridgehead atoms.